The van der Waals surface area contributed by atoms with Crippen molar-refractivity contribution in [3.8, 4) is 0 Å². The van der Waals surface area contributed by atoms with Gasteiger partial charge in [-0.1, -0.05) is 11.3 Å². The summed E-state index contributed by atoms with van der Waals surface area (Å²) in [7, 11) is 0. The highest BCUT2D eigenvalue weighted by Gasteiger charge is 2.25. The van der Waals surface area contributed by atoms with Crippen LogP contribution in [-0.4, -0.2) is 44.6 Å². The van der Waals surface area contributed by atoms with Crippen molar-refractivity contribution in [2.45, 2.75) is 26.0 Å². The maximum Gasteiger partial charge on any atom is 0.328 e. The van der Waals surface area contributed by atoms with Gasteiger partial charge in [0.2, 0.25) is 5.13 Å². The predicted octanol–water partition coefficient (Wildman–Crippen LogP) is -0.198. The quantitative estimate of drug-likeness (QED) is 0.594. The second kappa shape index (κ2) is 5.55. The Morgan fingerprint density at radius 3 is 2.47 bits per heavy atom. The van der Waals surface area contributed by atoms with Crippen LogP contribution in [-0.2, 0) is 4.79 Å². The molecule has 9 heteroatoms. The van der Waals surface area contributed by atoms with Crippen molar-refractivity contribution >= 4 is 28.5 Å². The molecule has 2 amide bonds. The van der Waals surface area contributed by atoms with Crippen LogP contribution in [0.25, 0.3) is 0 Å². The number of hydrogen-bond donors (Lipinski definition) is 4. The van der Waals surface area contributed by atoms with Gasteiger partial charge in [-0.15, -0.1) is 10.2 Å². The van der Waals surface area contributed by atoms with Crippen molar-refractivity contribution in [3.63, 3.8) is 0 Å². The van der Waals surface area contributed by atoms with Gasteiger partial charge < -0.3 is 15.5 Å². The molecule has 0 aliphatic rings. The van der Waals surface area contributed by atoms with E-state index in [0.717, 1.165) is 11.3 Å². The van der Waals surface area contributed by atoms with Crippen LogP contribution in [0.2, 0.25) is 0 Å². The summed E-state index contributed by atoms with van der Waals surface area (Å²) in [5.74, 6) is -1.32. The smallest absolute Gasteiger partial charge is 0.328 e. The number of hydrogen-bond acceptors (Lipinski definition) is 6. The van der Waals surface area contributed by atoms with Gasteiger partial charge >= 0.3 is 12.0 Å². The van der Waals surface area contributed by atoms with E-state index in [-0.39, 0.29) is 5.13 Å². The van der Waals surface area contributed by atoms with Gasteiger partial charge in [-0.3, -0.25) is 5.32 Å². The van der Waals surface area contributed by atoms with Gasteiger partial charge in [-0.2, -0.15) is 0 Å². The molecule has 0 bridgehead atoms. The first-order valence-electron chi connectivity index (χ1n) is 4.68. The summed E-state index contributed by atoms with van der Waals surface area (Å²) >= 11 is 1.16. The summed E-state index contributed by atoms with van der Waals surface area (Å²) in [5, 5.41) is 30.6. The second-order valence-corrected chi connectivity index (χ2v) is 4.46. The summed E-state index contributed by atoms with van der Waals surface area (Å²) in [6.45, 7) is 2.99. The molecule has 8 nitrogen and oxygen atoms in total. The van der Waals surface area contributed by atoms with Gasteiger partial charge in [-0.25, -0.2) is 9.59 Å². The van der Waals surface area contributed by atoms with Crippen LogP contribution >= 0.6 is 11.3 Å². The Morgan fingerprint density at radius 2 is 2.06 bits per heavy atom. The topological polar surface area (TPSA) is 124 Å². The molecule has 2 unspecified atom stereocenters. The van der Waals surface area contributed by atoms with E-state index in [2.05, 4.69) is 20.8 Å². The number of rotatable bonds is 4. The number of aliphatic hydroxyl groups excluding tert-OH is 1. The average Bonchev–Trinajstić information content (AvgIpc) is 2.59. The minimum absolute atomic E-state index is 0.259. The van der Waals surface area contributed by atoms with Gasteiger partial charge in [0.05, 0.1) is 6.10 Å². The summed E-state index contributed by atoms with van der Waals surface area (Å²) in [5.41, 5.74) is 0. The van der Waals surface area contributed by atoms with Gasteiger partial charge in [0.1, 0.15) is 5.01 Å². The highest BCUT2D eigenvalue weighted by molar-refractivity contribution is 7.15. The monoisotopic (exact) mass is 260 g/mol. The number of aromatic nitrogens is 2. The van der Waals surface area contributed by atoms with Crippen LogP contribution < -0.4 is 10.6 Å². The van der Waals surface area contributed by atoms with Crippen molar-refractivity contribution in [3.05, 3.63) is 5.01 Å². The summed E-state index contributed by atoms with van der Waals surface area (Å²) in [4.78, 5) is 22.1. The molecule has 17 heavy (non-hydrogen) atoms. The van der Waals surface area contributed by atoms with E-state index in [1.807, 2.05) is 0 Å². The number of aryl methyl sites for hydroxylation is 1. The van der Waals surface area contributed by atoms with Crippen molar-refractivity contribution in [1.82, 2.24) is 15.5 Å². The van der Waals surface area contributed by atoms with E-state index >= 15 is 0 Å². The van der Waals surface area contributed by atoms with E-state index in [1.54, 1.807) is 6.92 Å². The third-order valence-electron chi connectivity index (χ3n) is 1.78. The second-order valence-electron chi connectivity index (χ2n) is 3.28. The fraction of sp³-hybridized carbons (Fsp3) is 0.500. The maximum atomic E-state index is 11.4. The Morgan fingerprint density at radius 1 is 1.41 bits per heavy atom. The average molecular weight is 260 g/mol. The number of carboxylic acid groups (broad SMARTS) is 1. The van der Waals surface area contributed by atoms with E-state index in [4.69, 9.17) is 10.2 Å². The fourth-order valence-corrected chi connectivity index (χ4v) is 1.60. The minimum atomic E-state index is -1.37. The maximum absolute atomic E-state index is 11.4. The number of carbonyl (C=O) groups excluding carboxylic acids is 1. The molecule has 0 saturated heterocycles. The minimum Gasteiger partial charge on any atom is -0.480 e. The molecule has 0 saturated carbocycles. The number of aliphatic carboxylic acids is 1. The van der Waals surface area contributed by atoms with Crippen molar-refractivity contribution in [2.75, 3.05) is 5.32 Å². The molecule has 0 aliphatic heterocycles. The Labute approximate surface area is 101 Å². The van der Waals surface area contributed by atoms with Crippen molar-refractivity contribution in [1.29, 1.82) is 0 Å². The van der Waals surface area contributed by atoms with Gasteiger partial charge in [0.15, 0.2) is 6.04 Å². The summed E-state index contributed by atoms with van der Waals surface area (Å²) in [6.07, 6.45) is -1.20. The van der Waals surface area contributed by atoms with E-state index in [9.17, 15) is 9.59 Å². The van der Waals surface area contributed by atoms with Crippen molar-refractivity contribution < 1.29 is 19.8 Å². The molecule has 94 valence electrons. The molecule has 0 aromatic carbocycles. The lowest BCUT2D eigenvalue weighted by Gasteiger charge is -2.16. The largest absolute Gasteiger partial charge is 0.480 e. The summed E-state index contributed by atoms with van der Waals surface area (Å²) in [6, 6.07) is -2.13. The zero-order valence-electron chi connectivity index (χ0n) is 9.17. The van der Waals surface area contributed by atoms with Crippen molar-refractivity contribution in [2.24, 2.45) is 0 Å². The molecular formula is C8H12N4O4S. The Kier molecular flexibility index (Phi) is 4.35. The van der Waals surface area contributed by atoms with E-state index in [1.165, 1.54) is 6.92 Å². The predicted molar refractivity (Wildman–Crippen MR) is 59.9 cm³/mol. The molecule has 0 radical (unpaired) electrons. The zero-order valence-corrected chi connectivity index (χ0v) is 9.98. The third kappa shape index (κ3) is 3.96. The number of carbonyl (C=O) groups is 2. The molecule has 1 aromatic heterocycles. The normalized spacial score (nSPS) is 13.8. The lowest BCUT2D eigenvalue weighted by atomic mass is 10.2. The van der Waals surface area contributed by atoms with Gasteiger partial charge in [-0.05, 0) is 13.8 Å². The van der Waals surface area contributed by atoms with Crippen LogP contribution in [0.15, 0.2) is 0 Å². The number of nitrogens with one attached hydrogen (secondary N) is 2. The summed E-state index contributed by atoms with van der Waals surface area (Å²) < 4.78 is 0. The van der Waals surface area contributed by atoms with Crippen LogP contribution in [0.1, 0.15) is 11.9 Å². The first-order valence-corrected chi connectivity index (χ1v) is 5.50. The van der Waals surface area contributed by atoms with Gasteiger partial charge in [0.25, 0.3) is 0 Å². The molecule has 1 aromatic rings. The molecule has 4 N–H and O–H groups in total. The number of amides is 2. The van der Waals surface area contributed by atoms with E-state index < -0.39 is 24.1 Å². The van der Waals surface area contributed by atoms with E-state index in [0.29, 0.717) is 5.01 Å². The Hall–Kier alpha value is -1.74. The Bertz CT molecular complexity index is 419. The molecule has 1 rings (SSSR count). The van der Waals surface area contributed by atoms with Crippen LogP contribution in [0, 0.1) is 6.92 Å². The lowest BCUT2D eigenvalue weighted by Crippen LogP contribution is -2.49. The highest BCUT2D eigenvalue weighted by Crippen LogP contribution is 2.13. The first kappa shape index (κ1) is 13.3. The number of urea groups is 1. The standard InChI is InChI=1S/C8H12N4O4S/c1-3(13)5(6(14)15)9-7(16)10-8-12-11-4(2)17-8/h3,5,13H,1-2H3,(H,14,15)(H2,9,10,12,16). The number of carboxylic acids is 1. The number of nitrogens with zero attached hydrogens (tertiary/aromatic N) is 2. The molecular weight excluding hydrogens is 248 g/mol. The first-order chi connectivity index (χ1) is 7.90. The molecule has 0 fully saturated rings. The Balaban J connectivity index is 2.56. The third-order valence-corrected chi connectivity index (χ3v) is 2.54. The van der Waals surface area contributed by atoms with Gasteiger partial charge in [0, 0.05) is 0 Å². The van der Waals surface area contributed by atoms with Crippen LogP contribution in [0.5, 0.6) is 0 Å². The highest BCUT2D eigenvalue weighted by atomic mass is 32.1. The SMILES string of the molecule is Cc1nnc(NC(=O)NC(C(=O)O)C(C)O)s1. The fourth-order valence-electron chi connectivity index (χ4n) is 1.01. The molecule has 0 aliphatic carbocycles. The van der Waals surface area contributed by atoms with Crippen LogP contribution in [0.4, 0.5) is 9.93 Å². The van der Waals surface area contributed by atoms with Crippen LogP contribution in [0.3, 0.4) is 0 Å². The molecule has 1 heterocycles. The molecule has 2 atom stereocenters. The number of aliphatic hydroxyl groups is 1. The zero-order chi connectivity index (χ0) is 13.0. The lowest BCUT2D eigenvalue weighted by molar-refractivity contribution is -0.141. The molecule has 0 spiro atoms. The number of anilines is 1.